The Morgan fingerprint density at radius 3 is 2.60 bits per heavy atom. The number of nitrogens with zero attached hydrogens (tertiary/aromatic N) is 1. The predicted molar refractivity (Wildman–Crippen MR) is 102 cm³/mol. The standard InChI is InChI=1S/C19H36N4O2/c1-19(2,3)17-14(7-6-12-25-17)13-22-18(20-4)21-11-5-8-16(24)23-15-9-10-15/h14-15,17H,5-13H2,1-4H3,(H,23,24)(H2,20,21,22). The maximum absolute atomic E-state index is 11.7. The summed E-state index contributed by atoms with van der Waals surface area (Å²) in [7, 11) is 1.79. The van der Waals surface area contributed by atoms with Crippen molar-refractivity contribution in [1.82, 2.24) is 16.0 Å². The first-order valence-corrected chi connectivity index (χ1v) is 9.75. The van der Waals surface area contributed by atoms with E-state index in [0.717, 1.165) is 51.3 Å². The van der Waals surface area contributed by atoms with Crippen molar-refractivity contribution in [2.75, 3.05) is 26.7 Å². The SMILES string of the molecule is CN=C(NCCCC(=O)NC1CC1)NCC1CCCOC1C(C)(C)C. The Morgan fingerprint density at radius 1 is 1.20 bits per heavy atom. The Balaban J connectivity index is 1.65. The molecule has 6 nitrogen and oxygen atoms in total. The number of nitrogens with one attached hydrogen (secondary N) is 3. The zero-order valence-electron chi connectivity index (χ0n) is 16.4. The number of rotatable bonds is 7. The number of hydrogen-bond donors (Lipinski definition) is 3. The van der Waals surface area contributed by atoms with Crippen LogP contribution < -0.4 is 16.0 Å². The highest BCUT2D eigenvalue weighted by molar-refractivity contribution is 5.80. The number of hydrogen-bond acceptors (Lipinski definition) is 3. The van der Waals surface area contributed by atoms with Crippen molar-refractivity contribution in [2.45, 2.75) is 71.4 Å². The van der Waals surface area contributed by atoms with Crippen LogP contribution in [-0.4, -0.2) is 50.8 Å². The summed E-state index contributed by atoms with van der Waals surface area (Å²) in [4.78, 5) is 16.0. The fraction of sp³-hybridized carbons (Fsp3) is 0.895. The van der Waals surface area contributed by atoms with Gasteiger partial charge in [-0.25, -0.2) is 0 Å². The molecule has 0 radical (unpaired) electrons. The minimum absolute atomic E-state index is 0.151. The van der Waals surface area contributed by atoms with Crippen LogP contribution in [0.4, 0.5) is 0 Å². The maximum atomic E-state index is 11.7. The van der Waals surface area contributed by atoms with Crippen LogP contribution >= 0.6 is 0 Å². The molecule has 0 aromatic heterocycles. The van der Waals surface area contributed by atoms with Gasteiger partial charge in [-0.15, -0.1) is 0 Å². The van der Waals surface area contributed by atoms with Gasteiger partial charge >= 0.3 is 0 Å². The smallest absolute Gasteiger partial charge is 0.220 e. The van der Waals surface area contributed by atoms with Crippen molar-refractivity contribution in [3.8, 4) is 0 Å². The molecule has 1 heterocycles. The Bertz CT molecular complexity index is 455. The molecule has 0 aromatic carbocycles. The summed E-state index contributed by atoms with van der Waals surface area (Å²) in [6.45, 7) is 9.22. The minimum Gasteiger partial charge on any atom is -0.377 e. The molecular formula is C19H36N4O2. The van der Waals surface area contributed by atoms with Gasteiger partial charge in [0.05, 0.1) is 6.10 Å². The third-order valence-electron chi connectivity index (χ3n) is 4.87. The molecule has 2 atom stereocenters. The lowest BCUT2D eigenvalue weighted by atomic mass is 9.78. The molecular weight excluding hydrogens is 316 g/mol. The summed E-state index contributed by atoms with van der Waals surface area (Å²) in [5.41, 5.74) is 0.151. The molecule has 1 saturated heterocycles. The third kappa shape index (κ3) is 7.22. The third-order valence-corrected chi connectivity index (χ3v) is 4.87. The maximum Gasteiger partial charge on any atom is 0.220 e. The zero-order chi connectivity index (χ0) is 18.3. The summed E-state index contributed by atoms with van der Waals surface area (Å²) in [6, 6.07) is 0.448. The van der Waals surface area contributed by atoms with E-state index in [2.05, 4.69) is 41.7 Å². The van der Waals surface area contributed by atoms with Gasteiger partial charge in [-0.1, -0.05) is 20.8 Å². The van der Waals surface area contributed by atoms with Crippen LogP contribution in [-0.2, 0) is 9.53 Å². The number of carbonyl (C=O) groups is 1. The van der Waals surface area contributed by atoms with E-state index in [4.69, 9.17) is 4.74 Å². The van der Waals surface area contributed by atoms with E-state index in [1.54, 1.807) is 7.05 Å². The molecule has 0 bridgehead atoms. The summed E-state index contributed by atoms with van der Waals surface area (Å²) in [6.07, 6.45) is 6.26. The van der Waals surface area contributed by atoms with Crippen LogP contribution in [0.1, 0.15) is 59.3 Å². The average molecular weight is 353 g/mol. The first-order valence-electron chi connectivity index (χ1n) is 9.75. The molecule has 1 saturated carbocycles. The van der Waals surface area contributed by atoms with Crippen molar-refractivity contribution in [3.05, 3.63) is 0 Å². The van der Waals surface area contributed by atoms with Crippen LogP contribution in [0.25, 0.3) is 0 Å². The van der Waals surface area contributed by atoms with Crippen molar-refractivity contribution >= 4 is 11.9 Å². The minimum atomic E-state index is 0.151. The van der Waals surface area contributed by atoms with Crippen LogP contribution in [0.15, 0.2) is 4.99 Å². The van der Waals surface area contributed by atoms with E-state index >= 15 is 0 Å². The molecule has 2 fully saturated rings. The number of ether oxygens (including phenoxy) is 1. The highest BCUT2D eigenvalue weighted by atomic mass is 16.5. The second-order valence-electron chi connectivity index (χ2n) is 8.38. The highest BCUT2D eigenvalue weighted by Gasteiger charge is 2.35. The quantitative estimate of drug-likeness (QED) is 0.372. The Morgan fingerprint density at radius 2 is 1.96 bits per heavy atom. The normalized spacial score (nSPS) is 24.7. The number of amides is 1. The van der Waals surface area contributed by atoms with E-state index < -0.39 is 0 Å². The van der Waals surface area contributed by atoms with E-state index in [1.807, 2.05) is 0 Å². The molecule has 2 aliphatic rings. The van der Waals surface area contributed by atoms with E-state index in [-0.39, 0.29) is 17.4 Å². The lowest BCUT2D eigenvalue weighted by molar-refractivity contribution is -0.121. The van der Waals surface area contributed by atoms with Crippen molar-refractivity contribution < 1.29 is 9.53 Å². The molecule has 2 unspecified atom stereocenters. The lowest BCUT2D eigenvalue weighted by Gasteiger charge is -2.40. The number of carbonyl (C=O) groups excluding carboxylic acids is 1. The van der Waals surface area contributed by atoms with Gasteiger partial charge in [-0.2, -0.15) is 0 Å². The molecule has 25 heavy (non-hydrogen) atoms. The molecule has 6 heteroatoms. The Hall–Kier alpha value is -1.30. The topological polar surface area (TPSA) is 74.8 Å². The number of aliphatic imine (C=N–C) groups is 1. The molecule has 2 rings (SSSR count). The van der Waals surface area contributed by atoms with E-state index in [1.165, 1.54) is 6.42 Å². The highest BCUT2D eigenvalue weighted by Crippen LogP contribution is 2.33. The van der Waals surface area contributed by atoms with Crippen LogP contribution in [0.5, 0.6) is 0 Å². The van der Waals surface area contributed by atoms with Gasteiger partial charge in [0.2, 0.25) is 5.91 Å². The fourth-order valence-electron chi connectivity index (χ4n) is 3.44. The molecule has 0 spiro atoms. The van der Waals surface area contributed by atoms with E-state index in [9.17, 15) is 4.79 Å². The van der Waals surface area contributed by atoms with Crippen molar-refractivity contribution in [1.29, 1.82) is 0 Å². The molecule has 3 N–H and O–H groups in total. The largest absolute Gasteiger partial charge is 0.377 e. The summed E-state index contributed by atoms with van der Waals surface area (Å²) < 4.78 is 6.04. The molecule has 1 amide bonds. The number of guanidine groups is 1. The second-order valence-corrected chi connectivity index (χ2v) is 8.38. The second kappa shape index (κ2) is 9.41. The van der Waals surface area contributed by atoms with E-state index in [0.29, 0.717) is 18.4 Å². The average Bonchev–Trinajstić information content (AvgIpc) is 3.37. The Labute approximate surface area is 152 Å². The molecule has 1 aliphatic heterocycles. The molecule has 1 aliphatic carbocycles. The van der Waals surface area contributed by atoms with Gasteiger partial charge in [0, 0.05) is 45.1 Å². The van der Waals surface area contributed by atoms with Gasteiger partial charge < -0.3 is 20.7 Å². The lowest BCUT2D eigenvalue weighted by Crippen LogP contribution is -2.47. The van der Waals surface area contributed by atoms with Gasteiger partial charge in [0.15, 0.2) is 5.96 Å². The first-order chi connectivity index (χ1) is 11.9. The van der Waals surface area contributed by atoms with Gasteiger partial charge in [0.25, 0.3) is 0 Å². The van der Waals surface area contributed by atoms with Crippen molar-refractivity contribution in [3.63, 3.8) is 0 Å². The zero-order valence-corrected chi connectivity index (χ0v) is 16.4. The van der Waals surface area contributed by atoms with Crippen molar-refractivity contribution in [2.24, 2.45) is 16.3 Å². The molecule has 0 aromatic rings. The summed E-state index contributed by atoms with van der Waals surface area (Å²) in [5, 5.41) is 9.75. The monoisotopic (exact) mass is 352 g/mol. The van der Waals surface area contributed by atoms with Crippen LogP contribution in [0, 0.1) is 11.3 Å². The van der Waals surface area contributed by atoms with Gasteiger partial charge in [0.1, 0.15) is 0 Å². The van der Waals surface area contributed by atoms with Gasteiger partial charge in [-0.3, -0.25) is 9.79 Å². The fourth-order valence-corrected chi connectivity index (χ4v) is 3.44. The van der Waals surface area contributed by atoms with Crippen LogP contribution in [0.3, 0.4) is 0 Å². The molecule has 144 valence electrons. The predicted octanol–water partition coefficient (Wildman–Crippen LogP) is 2.05. The summed E-state index contributed by atoms with van der Waals surface area (Å²) in [5.74, 6) is 1.47. The first kappa shape index (κ1) is 20.0. The summed E-state index contributed by atoms with van der Waals surface area (Å²) >= 11 is 0. The van der Waals surface area contributed by atoms with Crippen LogP contribution in [0.2, 0.25) is 0 Å². The van der Waals surface area contributed by atoms with Gasteiger partial charge in [-0.05, 0) is 37.5 Å². The Kier molecular flexibility index (Phi) is 7.54.